The fourth-order valence-corrected chi connectivity index (χ4v) is 3.10. The molecule has 1 aliphatic rings. The molecule has 0 radical (unpaired) electrons. The predicted molar refractivity (Wildman–Crippen MR) is 91.2 cm³/mol. The van der Waals surface area contributed by atoms with Crippen molar-refractivity contribution in [3.63, 3.8) is 0 Å². The van der Waals surface area contributed by atoms with Crippen LogP contribution in [0.5, 0.6) is 0 Å². The Balaban J connectivity index is 1.56. The molecule has 0 spiro atoms. The largest absolute Gasteiger partial charge is 0.350 e. The van der Waals surface area contributed by atoms with Crippen LogP contribution in [0.15, 0.2) is 37.1 Å². The van der Waals surface area contributed by atoms with E-state index < -0.39 is 0 Å². The fraction of sp³-hybridized carbons (Fsp3) is 0.250. The van der Waals surface area contributed by atoms with Crippen LogP contribution < -0.4 is 5.32 Å². The highest BCUT2D eigenvalue weighted by molar-refractivity contribution is 6.29. The zero-order valence-electron chi connectivity index (χ0n) is 12.7. The lowest BCUT2D eigenvalue weighted by Gasteiger charge is -2.26. The molecule has 1 aliphatic carbocycles. The van der Waals surface area contributed by atoms with E-state index >= 15 is 0 Å². The molecule has 4 heterocycles. The quantitative estimate of drug-likeness (QED) is 0.621. The first-order chi connectivity index (χ1) is 11.8. The highest BCUT2D eigenvalue weighted by Crippen LogP contribution is 2.26. The van der Waals surface area contributed by atoms with Crippen molar-refractivity contribution in [2.45, 2.75) is 25.3 Å². The number of halogens is 1. The van der Waals surface area contributed by atoms with Gasteiger partial charge in [-0.3, -0.25) is 4.40 Å². The third-order valence-electron chi connectivity index (χ3n) is 4.49. The van der Waals surface area contributed by atoms with Crippen molar-refractivity contribution in [3.8, 4) is 11.1 Å². The van der Waals surface area contributed by atoms with Gasteiger partial charge in [-0.25, -0.2) is 19.5 Å². The van der Waals surface area contributed by atoms with Gasteiger partial charge in [-0.05, 0) is 25.3 Å². The number of nitrogens with one attached hydrogen (secondary N) is 1. The third kappa shape index (κ3) is 2.12. The van der Waals surface area contributed by atoms with Gasteiger partial charge >= 0.3 is 0 Å². The zero-order chi connectivity index (χ0) is 16.1. The van der Waals surface area contributed by atoms with E-state index in [0.29, 0.717) is 22.9 Å². The highest BCUT2D eigenvalue weighted by atomic mass is 35.5. The van der Waals surface area contributed by atoms with Gasteiger partial charge in [-0.15, -0.1) is 5.10 Å². The summed E-state index contributed by atoms with van der Waals surface area (Å²) in [4.78, 5) is 12.9. The Kier molecular flexibility index (Phi) is 2.96. The Labute approximate surface area is 142 Å². The van der Waals surface area contributed by atoms with Crippen LogP contribution in [0.3, 0.4) is 0 Å². The number of aromatic nitrogens is 6. The number of imidazole rings is 1. The second-order valence-electron chi connectivity index (χ2n) is 6.01. The zero-order valence-corrected chi connectivity index (χ0v) is 13.5. The second-order valence-corrected chi connectivity index (χ2v) is 6.39. The number of anilines is 1. The molecule has 4 aromatic rings. The van der Waals surface area contributed by atoms with Crippen LogP contribution in [0.2, 0.25) is 5.15 Å². The SMILES string of the molecule is Clc1cnc2ncc(-c3ccn4nc(NC5CCC5)ncc34)cn12. The fourth-order valence-electron chi connectivity index (χ4n) is 2.93. The van der Waals surface area contributed by atoms with E-state index in [1.165, 1.54) is 19.3 Å². The number of nitrogens with zero attached hydrogens (tertiary/aromatic N) is 6. The number of hydrogen-bond donors (Lipinski definition) is 1. The Morgan fingerprint density at radius 3 is 2.83 bits per heavy atom. The van der Waals surface area contributed by atoms with Gasteiger partial charge < -0.3 is 5.32 Å². The van der Waals surface area contributed by atoms with Crippen LogP contribution in [-0.4, -0.2) is 35.0 Å². The highest BCUT2D eigenvalue weighted by Gasteiger charge is 2.18. The first-order valence-corrected chi connectivity index (χ1v) is 8.26. The van der Waals surface area contributed by atoms with Crippen molar-refractivity contribution < 1.29 is 0 Å². The average Bonchev–Trinajstić information content (AvgIpc) is 3.14. The maximum absolute atomic E-state index is 6.13. The molecule has 0 bridgehead atoms. The van der Waals surface area contributed by atoms with Crippen LogP contribution in [0, 0.1) is 0 Å². The first kappa shape index (κ1) is 13.7. The maximum atomic E-state index is 6.13. The van der Waals surface area contributed by atoms with Gasteiger partial charge in [-0.1, -0.05) is 11.6 Å². The first-order valence-electron chi connectivity index (χ1n) is 7.88. The summed E-state index contributed by atoms with van der Waals surface area (Å²) >= 11 is 6.13. The molecule has 5 rings (SSSR count). The van der Waals surface area contributed by atoms with Crippen molar-refractivity contribution in [2.75, 3.05) is 5.32 Å². The molecule has 0 saturated heterocycles. The summed E-state index contributed by atoms with van der Waals surface area (Å²) in [6.45, 7) is 0. The summed E-state index contributed by atoms with van der Waals surface area (Å²) in [6, 6.07) is 2.51. The van der Waals surface area contributed by atoms with Crippen LogP contribution >= 0.6 is 11.6 Å². The molecule has 0 atom stereocenters. The smallest absolute Gasteiger partial charge is 0.241 e. The van der Waals surface area contributed by atoms with Crippen LogP contribution in [0.4, 0.5) is 5.95 Å². The van der Waals surface area contributed by atoms with Gasteiger partial charge in [0.15, 0.2) is 0 Å². The topological polar surface area (TPSA) is 72.4 Å². The Hall–Kier alpha value is -2.67. The lowest BCUT2D eigenvalue weighted by molar-refractivity contribution is 0.442. The van der Waals surface area contributed by atoms with Crippen LogP contribution in [0.25, 0.3) is 22.4 Å². The Morgan fingerprint density at radius 1 is 1.12 bits per heavy atom. The van der Waals surface area contributed by atoms with E-state index in [1.54, 1.807) is 16.8 Å². The van der Waals surface area contributed by atoms with E-state index in [2.05, 4.69) is 25.4 Å². The molecule has 0 unspecified atom stereocenters. The molecule has 0 amide bonds. The Bertz CT molecular complexity index is 1050. The molecule has 0 aromatic carbocycles. The van der Waals surface area contributed by atoms with Gasteiger partial charge in [0.05, 0.1) is 17.9 Å². The molecule has 0 aliphatic heterocycles. The van der Waals surface area contributed by atoms with E-state index in [0.717, 1.165) is 16.6 Å². The van der Waals surface area contributed by atoms with Gasteiger partial charge in [-0.2, -0.15) is 0 Å². The lowest BCUT2D eigenvalue weighted by atomic mass is 9.93. The molecule has 8 heteroatoms. The Morgan fingerprint density at radius 2 is 2.00 bits per heavy atom. The number of fused-ring (bicyclic) bond motifs is 2. The minimum atomic E-state index is 0.507. The van der Waals surface area contributed by atoms with E-state index in [-0.39, 0.29) is 0 Å². The molecule has 1 N–H and O–H groups in total. The summed E-state index contributed by atoms with van der Waals surface area (Å²) in [5.41, 5.74) is 2.86. The summed E-state index contributed by atoms with van der Waals surface area (Å²) in [6.07, 6.45) is 12.7. The van der Waals surface area contributed by atoms with Crippen LogP contribution in [0.1, 0.15) is 19.3 Å². The van der Waals surface area contributed by atoms with Gasteiger partial charge in [0.1, 0.15) is 5.15 Å². The number of hydrogen-bond acceptors (Lipinski definition) is 5. The van der Waals surface area contributed by atoms with E-state index in [1.807, 2.05) is 29.2 Å². The normalized spacial score (nSPS) is 15.0. The van der Waals surface area contributed by atoms with Gasteiger partial charge in [0.2, 0.25) is 11.7 Å². The van der Waals surface area contributed by atoms with E-state index in [9.17, 15) is 0 Å². The molecule has 4 aromatic heterocycles. The van der Waals surface area contributed by atoms with Gasteiger partial charge in [0, 0.05) is 35.8 Å². The molecule has 1 fully saturated rings. The minimum absolute atomic E-state index is 0.507. The monoisotopic (exact) mass is 339 g/mol. The summed E-state index contributed by atoms with van der Waals surface area (Å²) < 4.78 is 3.59. The van der Waals surface area contributed by atoms with Crippen LogP contribution in [-0.2, 0) is 0 Å². The second kappa shape index (κ2) is 5.17. The van der Waals surface area contributed by atoms with Crippen molar-refractivity contribution in [1.82, 2.24) is 29.0 Å². The van der Waals surface area contributed by atoms with Crippen molar-refractivity contribution in [3.05, 3.63) is 42.2 Å². The molecular weight excluding hydrogens is 326 g/mol. The van der Waals surface area contributed by atoms with Crippen molar-refractivity contribution >= 4 is 28.8 Å². The van der Waals surface area contributed by atoms with Gasteiger partial charge in [0.25, 0.3) is 0 Å². The third-order valence-corrected chi connectivity index (χ3v) is 4.77. The minimum Gasteiger partial charge on any atom is -0.350 e. The van der Waals surface area contributed by atoms with Crippen molar-refractivity contribution in [1.29, 1.82) is 0 Å². The average molecular weight is 340 g/mol. The maximum Gasteiger partial charge on any atom is 0.241 e. The lowest BCUT2D eigenvalue weighted by Crippen LogP contribution is -2.28. The summed E-state index contributed by atoms with van der Waals surface area (Å²) in [5.74, 6) is 1.25. The molecular formula is C16H14ClN7. The number of rotatable bonds is 3. The molecule has 120 valence electrons. The summed E-state index contributed by atoms with van der Waals surface area (Å²) in [5, 5.41) is 8.44. The molecule has 24 heavy (non-hydrogen) atoms. The van der Waals surface area contributed by atoms with E-state index in [4.69, 9.17) is 11.6 Å². The summed E-state index contributed by atoms with van der Waals surface area (Å²) in [7, 11) is 0. The predicted octanol–water partition coefficient (Wildman–Crippen LogP) is 3.06. The standard InChI is InChI=1S/C16H14ClN7/c17-14-8-20-16-19-6-10(9-23(14)16)12-4-5-24-13(12)7-18-15(22-24)21-11-2-1-3-11/h4-9,11H,1-3H2,(H,21,22). The van der Waals surface area contributed by atoms with Crippen molar-refractivity contribution in [2.24, 2.45) is 0 Å². The molecule has 7 nitrogen and oxygen atoms in total. The molecule has 1 saturated carbocycles.